The average molecular weight is 376 g/mol. The fourth-order valence-corrected chi connectivity index (χ4v) is 4.32. The Hall–Kier alpha value is -2.72. The Balaban J connectivity index is 1.76. The summed E-state index contributed by atoms with van der Waals surface area (Å²) in [5, 5.41) is 11.6. The van der Waals surface area contributed by atoms with Gasteiger partial charge >= 0.3 is 0 Å². The first kappa shape index (κ1) is 18.6. The second-order valence-corrected chi connectivity index (χ2v) is 8.49. The predicted octanol–water partition coefficient (Wildman–Crippen LogP) is 4.39. The van der Waals surface area contributed by atoms with Crippen molar-refractivity contribution in [3.63, 3.8) is 0 Å². The van der Waals surface area contributed by atoms with Crippen LogP contribution in [0.2, 0.25) is 0 Å². The Morgan fingerprint density at radius 1 is 1.04 bits per heavy atom. The van der Waals surface area contributed by atoms with E-state index in [1.807, 2.05) is 38.1 Å². The van der Waals surface area contributed by atoms with Crippen LogP contribution >= 0.6 is 0 Å². The Kier molecular flexibility index (Phi) is 4.47. The van der Waals surface area contributed by atoms with E-state index in [2.05, 4.69) is 0 Å². The molecule has 0 bridgehead atoms. The number of aliphatic hydroxyl groups is 1. The quantitative estimate of drug-likeness (QED) is 0.804. The molecule has 1 heterocycles. The molecule has 2 aromatic carbocycles. The molecule has 2 atom stereocenters. The van der Waals surface area contributed by atoms with Gasteiger partial charge in [0, 0.05) is 36.0 Å². The van der Waals surface area contributed by atoms with E-state index < -0.39 is 11.7 Å². The number of hydrogen-bond donors (Lipinski definition) is 1. The molecule has 0 aromatic heterocycles. The van der Waals surface area contributed by atoms with E-state index >= 15 is 0 Å². The molecular formula is C24H24O4. The SMILES string of the molecule is CC1(C)CC(=O)C2=C(C1)OC(O)(c1ccccc1)C2CC(=O)c1ccccc1. The van der Waals surface area contributed by atoms with E-state index in [1.165, 1.54) is 0 Å². The molecule has 0 saturated heterocycles. The molecule has 4 heteroatoms. The van der Waals surface area contributed by atoms with Gasteiger partial charge < -0.3 is 9.84 Å². The zero-order valence-electron chi connectivity index (χ0n) is 16.1. The third kappa shape index (κ3) is 3.18. The zero-order valence-corrected chi connectivity index (χ0v) is 16.1. The Bertz CT molecular complexity index is 943. The van der Waals surface area contributed by atoms with Gasteiger partial charge in [-0.2, -0.15) is 0 Å². The number of carbonyl (C=O) groups is 2. The molecule has 0 saturated carbocycles. The molecule has 2 unspecified atom stereocenters. The molecule has 144 valence electrons. The summed E-state index contributed by atoms with van der Waals surface area (Å²) in [6.07, 6.45) is 0.968. The lowest BCUT2D eigenvalue weighted by Crippen LogP contribution is -2.36. The van der Waals surface area contributed by atoms with Crippen molar-refractivity contribution < 1.29 is 19.4 Å². The van der Waals surface area contributed by atoms with Crippen LogP contribution in [0.4, 0.5) is 0 Å². The van der Waals surface area contributed by atoms with Crippen molar-refractivity contribution in [3.8, 4) is 0 Å². The van der Waals surface area contributed by atoms with E-state index in [-0.39, 0.29) is 23.4 Å². The van der Waals surface area contributed by atoms with Gasteiger partial charge in [-0.1, -0.05) is 74.5 Å². The first-order valence-corrected chi connectivity index (χ1v) is 9.61. The monoisotopic (exact) mass is 376 g/mol. The Morgan fingerprint density at radius 3 is 2.29 bits per heavy atom. The lowest BCUT2D eigenvalue weighted by atomic mass is 9.72. The summed E-state index contributed by atoms with van der Waals surface area (Å²) in [7, 11) is 0. The van der Waals surface area contributed by atoms with Gasteiger partial charge in [0.2, 0.25) is 5.79 Å². The molecule has 1 aliphatic carbocycles. The van der Waals surface area contributed by atoms with Crippen molar-refractivity contribution >= 4 is 11.6 Å². The number of Topliss-reactive ketones (excluding diaryl/α,β-unsaturated/α-hetero) is 2. The molecule has 0 amide bonds. The largest absolute Gasteiger partial charge is 0.461 e. The van der Waals surface area contributed by atoms with Gasteiger partial charge in [-0.05, 0) is 5.41 Å². The van der Waals surface area contributed by atoms with Gasteiger partial charge in [0.05, 0.1) is 5.92 Å². The van der Waals surface area contributed by atoms with Gasteiger partial charge in [-0.3, -0.25) is 9.59 Å². The molecule has 4 rings (SSSR count). The number of benzene rings is 2. The molecular weight excluding hydrogens is 352 g/mol. The van der Waals surface area contributed by atoms with Crippen LogP contribution in [-0.2, 0) is 15.3 Å². The van der Waals surface area contributed by atoms with E-state index in [1.54, 1.807) is 36.4 Å². The molecule has 2 aromatic rings. The Labute approximate surface area is 164 Å². The van der Waals surface area contributed by atoms with Gasteiger partial charge in [0.25, 0.3) is 0 Å². The van der Waals surface area contributed by atoms with Crippen LogP contribution in [0.1, 0.15) is 49.0 Å². The highest BCUT2D eigenvalue weighted by molar-refractivity contribution is 6.01. The summed E-state index contributed by atoms with van der Waals surface area (Å²) in [6, 6.07) is 18.0. The Morgan fingerprint density at radius 2 is 1.64 bits per heavy atom. The molecule has 4 nitrogen and oxygen atoms in total. The van der Waals surface area contributed by atoms with Crippen LogP contribution < -0.4 is 0 Å². The lowest BCUT2D eigenvalue weighted by molar-refractivity contribution is -0.198. The van der Waals surface area contributed by atoms with Crippen LogP contribution in [0.3, 0.4) is 0 Å². The number of carbonyl (C=O) groups excluding carboxylic acids is 2. The maximum Gasteiger partial charge on any atom is 0.242 e. The van der Waals surface area contributed by atoms with Crippen LogP contribution in [0.25, 0.3) is 0 Å². The van der Waals surface area contributed by atoms with Crippen molar-refractivity contribution in [1.29, 1.82) is 0 Å². The molecule has 28 heavy (non-hydrogen) atoms. The summed E-state index contributed by atoms with van der Waals surface area (Å²) in [5.74, 6) is -2.06. The lowest BCUT2D eigenvalue weighted by Gasteiger charge is -2.30. The smallest absolute Gasteiger partial charge is 0.242 e. The second kappa shape index (κ2) is 6.71. The van der Waals surface area contributed by atoms with Gasteiger partial charge in [-0.25, -0.2) is 0 Å². The third-order valence-corrected chi connectivity index (χ3v) is 5.65. The van der Waals surface area contributed by atoms with Crippen molar-refractivity contribution in [3.05, 3.63) is 83.1 Å². The molecule has 1 aliphatic heterocycles. The van der Waals surface area contributed by atoms with Crippen LogP contribution in [0.15, 0.2) is 72.0 Å². The molecule has 0 radical (unpaired) electrons. The highest BCUT2D eigenvalue weighted by Crippen LogP contribution is 2.53. The normalized spacial score (nSPS) is 26.0. The van der Waals surface area contributed by atoms with Gasteiger partial charge in [0.1, 0.15) is 5.76 Å². The van der Waals surface area contributed by atoms with Crippen molar-refractivity contribution in [1.82, 2.24) is 0 Å². The average Bonchev–Trinajstić information content (AvgIpc) is 2.94. The summed E-state index contributed by atoms with van der Waals surface area (Å²) in [5.41, 5.74) is 1.37. The minimum absolute atomic E-state index is 0.0143. The number of ketones is 2. The zero-order chi connectivity index (χ0) is 19.9. The first-order valence-electron chi connectivity index (χ1n) is 9.61. The number of allylic oxidation sites excluding steroid dienone is 1. The highest BCUT2D eigenvalue weighted by Gasteiger charge is 2.55. The second-order valence-electron chi connectivity index (χ2n) is 8.49. The van der Waals surface area contributed by atoms with Crippen molar-refractivity contribution in [2.45, 2.75) is 38.9 Å². The fraction of sp³-hybridized carbons (Fsp3) is 0.333. The van der Waals surface area contributed by atoms with Crippen molar-refractivity contribution in [2.75, 3.05) is 0 Å². The maximum absolute atomic E-state index is 13.0. The third-order valence-electron chi connectivity index (χ3n) is 5.65. The molecule has 0 spiro atoms. The topological polar surface area (TPSA) is 63.6 Å². The van der Waals surface area contributed by atoms with Crippen molar-refractivity contribution in [2.24, 2.45) is 11.3 Å². The number of ether oxygens (including phenoxy) is 1. The molecule has 1 N–H and O–H groups in total. The number of hydrogen-bond acceptors (Lipinski definition) is 4. The standard InChI is InChI=1S/C24H24O4/c1-23(2)14-20(26)22-18(13-19(25)16-9-5-3-6-10-16)24(27,28-21(22)15-23)17-11-7-4-8-12-17/h3-12,18,27H,13-15H2,1-2H3. The summed E-state index contributed by atoms with van der Waals surface area (Å²) >= 11 is 0. The summed E-state index contributed by atoms with van der Waals surface area (Å²) in [6.45, 7) is 4.03. The molecule has 0 fully saturated rings. The van der Waals surface area contributed by atoms with E-state index in [4.69, 9.17) is 4.74 Å². The van der Waals surface area contributed by atoms with Gasteiger partial charge in [0.15, 0.2) is 11.6 Å². The minimum atomic E-state index is -1.72. The maximum atomic E-state index is 13.0. The summed E-state index contributed by atoms with van der Waals surface area (Å²) in [4.78, 5) is 25.9. The van der Waals surface area contributed by atoms with Crippen LogP contribution in [0.5, 0.6) is 0 Å². The highest BCUT2D eigenvalue weighted by atomic mass is 16.6. The van der Waals surface area contributed by atoms with E-state index in [9.17, 15) is 14.7 Å². The van der Waals surface area contributed by atoms with E-state index in [0.29, 0.717) is 35.3 Å². The fourth-order valence-electron chi connectivity index (χ4n) is 4.32. The summed E-state index contributed by atoms with van der Waals surface area (Å²) < 4.78 is 6.06. The predicted molar refractivity (Wildman–Crippen MR) is 105 cm³/mol. The number of rotatable bonds is 4. The van der Waals surface area contributed by atoms with Crippen LogP contribution in [0, 0.1) is 11.3 Å². The first-order chi connectivity index (χ1) is 13.3. The molecule has 2 aliphatic rings. The van der Waals surface area contributed by atoms with Crippen LogP contribution in [-0.4, -0.2) is 16.7 Å². The minimum Gasteiger partial charge on any atom is -0.461 e. The van der Waals surface area contributed by atoms with Gasteiger partial charge in [-0.15, -0.1) is 0 Å². The van der Waals surface area contributed by atoms with E-state index in [0.717, 1.165) is 0 Å².